The minimum absolute atomic E-state index is 0.226. The summed E-state index contributed by atoms with van der Waals surface area (Å²) in [4.78, 5) is 2.37. The average Bonchev–Trinajstić information content (AvgIpc) is 3.04. The van der Waals surface area contributed by atoms with E-state index in [4.69, 9.17) is 0 Å². The predicted molar refractivity (Wildman–Crippen MR) is 101 cm³/mol. The summed E-state index contributed by atoms with van der Waals surface area (Å²) in [6.45, 7) is 8.85. The second-order valence-electron chi connectivity index (χ2n) is 7.36. The fourth-order valence-electron chi connectivity index (χ4n) is 3.65. The molecular weight excluding hydrogens is 312 g/mol. The van der Waals surface area contributed by atoms with Gasteiger partial charge in [0.1, 0.15) is 0 Å². The van der Waals surface area contributed by atoms with Crippen LogP contribution in [-0.4, -0.2) is 52.5 Å². The number of aromatic amines is 1. The van der Waals surface area contributed by atoms with E-state index in [1.165, 1.54) is 29.5 Å². The molecule has 3 rings (SSSR count). The molecule has 2 heterocycles. The molecule has 1 fully saturated rings. The van der Waals surface area contributed by atoms with E-state index in [0.29, 0.717) is 0 Å². The number of aryl methyl sites for hydroxylation is 1. The highest BCUT2D eigenvalue weighted by Gasteiger charge is 2.19. The summed E-state index contributed by atoms with van der Waals surface area (Å²) in [6.07, 6.45) is 4.11. The van der Waals surface area contributed by atoms with Crippen LogP contribution in [0.15, 0.2) is 30.5 Å². The first-order valence-electron chi connectivity index (χ1n) is 9.32. The lowest BCUT2D eigenvalue weighted by Gasteiger charge is -2.32. The number of aliphatic hydroxyl groups excluding tert-OH is 1. The summed E-state index contributed by atoms with van der Waals surface area (Å²) in [5.74, 6) is 0.722. The highest BCUT2D eigenvalue weighted by Crippen LogP contribution is 2.22. The Morgan fingerprint density at radius 1 is 1.36 bits per heavy atom. The number of H-pyrrole nitrogens is 1. The third-order valence-corrected chi connectivity index (χ3v) is 5.00. The van der Waals surface area contributed by atoms with E-state index in [1.54, 1.807) is 0 Å². The van der Waals surface area contributed by atoms with Gasteiger partial charge in [-0.2, -0.15) is 5.10 Å². The second-order valence-corrected chi connectivity index (χ2v) is 7.36. The molecule has 1 atom stereocenters. The molecule has 1 saturated heterocycles. The first-order valence-corrected chi connectivity index (χ1v) is 9.32. The van der Waals surface area contributed by atoms with Crippen LogP contribution in [0.1, 0.15) is 30.9 Å². The van der Waals surface area contributed by atoms with Crippen LogP contribution in [-0.2, 0) is 6.54 Å². The Bertz CT molecular complexity index is 659. The van der Waals surface area contributed by atoms with Gasteiger partial charge in [-0.05, 0) is 58.3 Å². The van der Waals surface area contributed by atoms with E-state index in [9.17, 15) is 5.11 Å². The number of aliphatic hydroxyl groups is 1. The van der Waals surface area contributed by atoms with Crippen LogP contribution in [0, 0.1) is 12.8 Å². The number of hydrogen-bond donors (Lipinski definition) is 3. The van der Waals surface area contributed by atoms with Gasteiger partial charge in [-0.15, -0.1) is 0 Å². The highest BCUT2D eigenvalue weighted by molar-refractivity contribution is 5.63. The summed E-state index contributed by atoms with van der Waals surface area (Å²) >= 11 is 0. The molecule has 0 radical (unpaired) electrons. The van der Waals surface area contributed by atoms with Crippen molar-refractivity contribution in [1.82, 2.24) is 20.4 Å². The number of benzene rings is 1. The third kappa shape index (κ3) is 5.14. The third-order valence-electron chi connectivity index (χ3n) is 5.00. The predicted octanol–water partition coefficient (Wildman–Crippen LogP) is 2.57. The monoisotopic (exact) mass is 342 g/mol. The van der Waals surface area contributed by atoms with Gasteiger partial charge in [0.25, 0.3) is 0 Å². The molecule has 0 bridgehead atoms. The number of aromatic nitrogens is 2. The minimum Gasteiger partial charge on any atom is -0.392 e. The molecule has 1 aliphatic rings. The summed E-state index contributed by atoms with van der Waals surface area (Å²) < 4.78 is 0. The zero-order valence-corrected chi connectivity index (χ0v) is 15.3. The van der Waals surface area contributed by atoms with Crippen molar-refractivity contribution >= 4 is 0 Å². The molecule has 2 aromatic rings. The number of likely N-dealkylation sites (tertiary alicyclic amines) is 1. The van der Waals surface area contributed by atoms with Gasteiger partial charge < -0.3 is 15.3 Å². The van der Waals surface area contributed by atoms with E-state index in [2.05, 4.69) is 51.6 Å². The summed E-state index contributed by atoms with van der Waals surface area (Å²) in [6, 6.07) is 8.52. The summed E-state index contributed by atoms with van der Waals surface area (Å²) in [5, 5.41) is 20.5. The van der Waals surface area contributed by atoms with Gasteiger partial charge in [0.15, 0.2) is 0 Å². The molecule has 0 amide bonds. The molecule has 0 spiro atoms. The van der Waals surface area contributed by atoms with Crippen molar-refractivity contribution in [1.29, 1.82) is 0 Å². The number of rotatable bonds is 7. The fourth-order valence-corrected chi connectivity index (χ4v) is 3.65. The fraction of sp³-hybridized carbons (Fsp3) is 0.550. The molecule has 5 heteroatoms. The van der Waals surface area contributed by atoms with Crippen molar-refractivity contribution in [2.45, 2.75) is 39.3 Å². The maximum Gasteiger partial charge on any atom is 0.0695 e. The molecule has 0 unspecified atom stereocenters. The van der Waals surface area contributed by atoms with Gasteiger partial charge >= 0.3 is 0 Å². The number of piperidine rings is 1. The molecule has 0 saturated carbocycles. The van der Waals surface area contributed by atoms with E-state index in [1.807, 2.05) is 13.1 Å². The maximum atomic E-state index is 9.49. The van der Waals surface area contributed by atoms with Gasteiger partial charge in [-0.25, -0.2) is 0 Å². The zero-order valence-electron chi connectivity index (χ0n) is 15.3. The van der Waals surface area contributed by atoms with Crippen LogP contribution < -0.4 is 5.32 Å². The summed E-state index contributed by atoms with van der Waals surface area (Å²) in [7, 11) is 0. The van der Waals surface area contributed by atoms with Gasteiger partial charge in [-0.1, -0.05) is 23.8 Å². The molecule has 3 N–H and O–H groups in total. The quantitative estimate of drug-likeness (QED) is 0.724. The number of nitrogens with zero attached hydrogens (tertiary/aromatic N) is 2. The second kappa shape index (κ2) is 8.61. The lowest BCUT2D eigenvalue weighted by molar-refractivity contribution is 0.0998. The van der Waals surface area contributed by atoms with E-state index < -0.39 is 0 Å². The van der Waals surface area contributed by atoms with Crippen LogP contribution in [0.5, 0.6) is 0 Å². The first-order chi connectivity index (χ1) is 12.1. The van der Waals surface area contributed by atoms with Gasteiger partial charge in [0, 0.05) is 24.2 Å². The lowest BCUT2D eigenvalue weighted by atomic mass is 9.96. The van der Waals surface area contributed by atoms with Gasteiger partial charge in [-0.3, -0.25) is 5.10 Å². The smallest absolute Gasteiger partial charge is 0.0695 e. The lowest BCUT2D eigenvalue weighted by Crippen LogP contribution is -2.40. The average molecular weight is 342 g/mol. The van der Waals surface area contributed by atoms with Crippen LogP contribution in [0.4, 0.5) is 0 Å². The highest BCUT2D eigenvalue weighted by atomic mass is 16.3. The molecule has 1 aliphatic heterocycles. The molecule has 25 heavy (non-hydrogen) atoms. The van der Waals surface area contributed by atoms with Crippen LogP contribution in [0.2, 0.25) is 0 Å². The molecule has 136 valence electrons. The Hall–Kier alpha value is -1.69. The van der Waals surface area contributed by atoms with Crippen LogP contribution in [0.3, 0.4) is 0 Å². The van der Waals surface area contributed by atoms with Crippen molar-refractivity contribution in [2.75, 3.05) is 26.2 Å². The van der Waals surface area contributed by atoms with Gasteiger partial charge in [0.05, 0.1) is 18.0 Å². The Kier molecular flexibility index (Phi) is 6.24. The number of hydrogen-bond acceptors (Lipinski definition) is 4. The maximum absolute atomic E-state index is 9.49. The van der Waals surface area contributed by atoms with Crippen molar-refractivity contribution in [3.8, 4) is 11.3 Å². The van der Waals surface area contributed by atoms with Gasteiger partial charge in [0.2, 0.25) is 0 Å². The Labute approximate surface area is 150 Å². The molecule has 5 nitrogen and oxygen atoms in total. The molecule has 0 aliphatic carbocycles. The Morgan fingerprint density at radius 3 is 2.88 bits per heavy atom. The SMILES string of the molecule is Cc1cccc(-c2[nH]ncc2CNCC2CCN(C[C@H](C)O)CC2)c1. The van der Waals surface area contributed by atoms with E-state index >= 15 is 0 Å². The van der Waals surface area contributed by atoms with Crippen molar-refractivity contribution in [3.63, 3.8) is 0 Å². The first kappa shape index (κ1) is 18.1. The van der Waals surface area contributed by atoms with E-state index in [-0.39, 0.29) is 6.10 Å². The normalized spacial score (nSPS) is 17.7. The van der Waals surface area contributed by atoms with Crippen molar-refractivity contribution in [2.24, 2.45) is 5.92 Å². The topological polar surface area (TPSA) is 64.2 Å². The van der Waals surface area contributed by atoms with Crippen LogP contribution in [0.25, 0.3) is 11.3 Å². The van der Waals surface area contributed by atoms with Crippen molar-refractivity contribution in [3.05, 3.63) is 41.6 Å². The zero-order chi connectivity index (χ0) is 17.6. The largest absolute Gasteiger partial charge is 0.392 e. The van der Waals surface area contributed by atoms with Crippen molar-refractivity contribution < 1.29 is 5.11 Å². The molecule has 1 aromatic carbocycles. The van der Waals surface area contributed by atoms with E-state index in [0.717, 1.165) is 44.3 Å². The number of β-amino-alcohol motifs (C(OH)–C–C–N with tert-alkyl or cyclic N) is 1. The standard InChI is InChI=1S/C20H30N4O/c1-15-4-3-5-18(10-15)20-19(13-22-23-20)12-21-11-17-6-8-24(9-7-17)14-16(2)25/h3-5,10,13,16-17,21,25H,6-9,11-12,14H2,1-2H3,(H,22,23)/t16-/m0/s1. The number of nitrogens with one attached hydrogen (secondary N) is 2. The molecule has 1 aromatic heterocycles. The molecular formula is C20H30N4O. The summed E-state index contributed by atoms with van der Waals surface area (Å²) in [5.41, 5.74) is 4.79. The Morgan fingerprint density at radius 2 is 2.16 bits per heavy atom. The Balaban J connectivity index is 1.47. The van der Waals surface area contributed by atoms with Crippen LogP contribution >= 0.6 is 0 Å². The minimum atomic E-state index is -0.226.